The van der Waals surface area contributed by atoms with Crippen LogP contribution in [0, 0.1) is 5.92 Å². The summed E-state index contributed by atoms with van der Waals surface area (Å²) in [4.78, 5) is 0. The topological polar surface area (TPSA) is 12.0 Å². The normalized spacial score (nSPS) is 18.6. The smallest absolute Gasteiger partial charge is 0.00672 e. The first-order valence-corrected chi connectivity index (χ1v) is 5.60. The van der Waals surface area contributed by atoms with Gasteiger partial charge in [-0.1, -0.05) is 25.3 Å². The Morgan fingerprint density at radius 2 is 2.23 bits per heavy atom. The molecule has 13 heavy (non-hydrogen) atoms. The minimum Gasteiger partial charge on any atom is -0.314 e. The second kappa shape index (κ2) is 5.43. The molecule has 0 radical (unpaired) electrons. The average molecular weight is 181 g/mol. The highest BCUT2D eigenvalue weighted by Gasteiger charge is 2.24. The molecular weight excluding hydrogens is 158 g/mol. The zero-order valence-corrected chi connectivity index (χ0v) is 9.10. The molecule has 1 nitrogen and oxygen atoms in total. The minimum absolute atomic E-state index is 0.756. The zero-order valence-electron chi connectivity index (χ0n) is 9.10. The molecule has 1 atom stereocenters. The molecular formula is C12H23N. The Morgan fingerprint density at radius 1 is 1.54 bits per heavy atom. The SMILES string of the molecule is C=C(C)CCNC(CC)CC1CC1. The van der Waals surface area contributed by atoms with Crippen molar-refractivity contribution in [1.29, 1.82) is 0 Å². The highest BCUT2D eigenvalue weighted by molar-refractivity contribution is 4.89. The Hall–Kier alpha value is -0.300. The summed E-state index contributed by atoms with van der Waals surface area (Å²) < 4.78 is 0. The first-order valence-electron chi connectivity index (χ1n) is 5.60. The zero-order chi connectivity index (χ0) is 9.68. The molecule has 0 heterocycles. The van der Waals surface area contributed by atoms with Gasteiger partial charge in [-0.25, -0.2) is 0 Å². The number of nitrogens with one attached hydrogen (secondary N) is 1. The highest BCUT2D eigenvalue weighted by Crippen LogP contribution is 2.33. The van der Waals surface area contributed by atoms with Crippen LogP contribution in [0.1, 0.15) is 46.0 Å². The third-order valence-corrected chi connectivity index (χ3v) is 2.79. The molecule has 0 spiro atoms. The molecule has 1 fully saturated rings. The molecule has 0 aliphatic heterocycles. The summed E-state index contributed by atoms with van der Waals surface area (Å²) in [7, 11) is 0. The van der Waals surface area contributed by atoms with Gasteiger partial charge in [0.15, 0.2) is 0 Å². The van der Waals surface area contributed by atoms with Gasteiger partial charge in [0.25, 0.3) is 0 Å². The van der Waals surface area contributed by atoms with Gasteiger partial charge in [-0.3, -0.25) is 0 Å². The number of hydrogen-bond acceptors (Lipinski definition) is 1. The van der Waals surface area contributed by atoms with Crippen LogP contribution in [0.15, 0.2) is 12.2 Å². The lowest BCUT2D eigenvalue weighted by molar-refractivity contribution is 0.448. The quantitative estimate of drug-likeness (QED) is 0.595. The first kappa shape index (κ1) is 10.8. The van der Waals surface area contributed by atoms with E-state index in [9.17, 15) is 0 Å². The molecule has 76 valence electrons. The highest BCUT2D eigenvalue weighted by atomic mass is 14.9. The molecule has 1 aliphatic carbocycles. The monoisotopic (exact) mass is 181 g/mol. The Labute approximate surface area is 82.6 Å². The van der Waals surface area contributed by atoms with Gasteiger partial charge in [0.05, 0.1) is 0 Å². The van der Waals surface area contributed by atoms with E-state index in [1.54, 1.807) is 0 Å². The van der Waals surface area contributed by atoms with E-state index in [4.69, 9.17) is 0 Å². The first-order chi connectivity index (χ1) is 6.22. The molecule has 0 aromatic rings. The second-order valence-corrected chi connectivity index (χ2v) is 4.45. The third kappa shape index (κ3) is 5.09. The van der Waals surface area contributed by atoms with Gasteiger partial charge in [0.2, 0.25) is 0 Å². The van der Waals surface area contributed by atoms with Crippen LogP contribution in [0.3, 0.4) is 0 Å². The van der Waals surface area contributed by atoms with E-state index in [1.807, 2.05) is 0 Å². The van der Waals surface area contributed by atoms with E-state index in [-0.39, 0.29) is 0 Å². The van der Waals surface area contributed by atoms with Crippen LogP contribution < -0.4 is 5.32 Å². The molecule has 1 aliphatic rings. The fraction of sp³-hybridized carbons (Fsp3) is 0.833. The second-order valence-electron chi connectivity index (χ2n) is 4.45. The predicted molar refractivity (Wildman–Crippen MR) is 58.9 cm³/mol. The van der Waals surface area contributed by atoms with Crippen LogP contribution in [0.4, 0.5) is 0 Å². The predicted octanol–water partition coefficient (Wildman–Crippen LogP) is 3.12. The maximum Gasteiger partial charge on any atom is 0.00672 e. The van der Waals surface area contributed by atoms with Crippen LogP contribution in [-0.4, -0.2) is 12.6 Å². The Morgan fingerprint density at radius 3 is 2.69 bits per heavy atom. The van der Waals surface area contributed by atoms with Crippen LogP contribution in [0.5, 0.6) is 0 Å². The van der Waals surface area contributed by atoms with Gasteiger partial charge < -0.3 is 5.32 Å². The van der Waals surface area contributed by atoms with Gasteiger partial charge in [0, 0.05) is 6.04 Å². The lowest BCUT2D eigenvalue weighted by Crippen LogP contribution is -2.29. The van der Waals surface area contributed by atoms with Crippen molar-refractivity contribution in [3.63, 3.8) is 0 Å². The van der Waals surface area contributed by atoms with Gasteiger partial charge in [-0.15, -0.1) is 6.58 Å². The molecule has 0 aromatic heterocycles. The van der Waals surface area contributed by atoms with E-state index in [0.29, 0.717) is 0 Å². The molecule has 0 saturated heterocycles. The molecule has 1 N–H and O–H groups in total. The van der Waals surface area contributed by atoms with Crippen molar-refractivity contribution in [2.75, 3.05) is 6.54 Å². The maximum absolute atomic E-state index is 3.91. The molecule has 1 rings (SSSR count). The van der Waals surface area contributed by atoms with Crippen LogP contribution in [0.25, 0.3) is 0 Å². The van der Waals surface area contributed by atoms with Crippen molar-refractivity contribution in [1.82, 2.24) is 5.32 Å². The molecule has 1 heteroatoms. The summed E-state index contributed by atoms with van der Waals surface area (Å²) in [5, 5.41) is 3.61. The lowest BCUT2D eigenvalue weighted by atomic mass is 10.1. The third-order valence-electron chi connectivity index (χ3n) is 2.79. The molecule has 0 aromatic carbocycles. The fourth-order valence-corrected chi connectivity index (χ4v) is 1.64. The van der Waals surface area contributed by atoms with Crippen molar-refractivity contribution < 1.29 is 0 Å². The van der Waals surface area contributed by atoms with Gasteiger partial charge in [-0.05, 0) is 38.6 Å². The summed E-state index contributed by atoms with van der Waals surface area (Å²) in [6.07, 6.45) is 6.73. The molecule has 0 bridgehead atoms. The minimum atomic E-state index is 0.756. The number of rotatable bonds is 7. The average Bonchev–Trinajstić information content (AvgIpc) is 2.86. The van der Waals surface area contributed by atoms with Crippen molar-refractivity contribution in [3.05, 3.63) is 12.2 Å². The summed E-state index contributed by atoms with van der Waals surface area (Å²) in [6.45, 7) is 9.40. The molecule has 1 saturated carbocycles. The van der Waals surface area contributed by atoms with Crippen LogP contribution >= 0.6 is 0 Å². The summed E-state index contributed by atoms with van der Waals surface area (Å²) in [6, 6.07) is 0.756. The lowest BCUT2D eigenvalue weighted by Gasteiger charge is -2.16. The maximum atomic E-state index is 3.91. The Bertz CT molecular complexity index is 159. The number of hydrogen-bond donors (Lipinski definition) is 1. The van der Waals surface area contributed by atoms with Crippen molar-refractivity contribution in [2.24, 2.45) is 5.92 Å². The van der Waals surface area contributed by atoms with Crippen molar-refractivity contribution >= 4 is 0 Å². The summed E-state index contributed by atoms with van der Waals surface area (Å²) in [5.74, 6) is 1.04. The standard InChI is InChI=1S/C12H23N/c1-4-12(9-11-5-6-11)13-8-7-10(2)3/h11-13H,2,4-9H2,1,3H3. The van der Waals surface area contributed by atoms with Crippen LogP contribution in [0.2, 0.25) is 0 Å². The molecule has 0 amide bonds. The van der Waals surface area contributed by atoms with Gasteiger partial charge >= 0.3 is 0 Å². The van der Waals surface area contributed by atoms with Gasteiger partial charge in [0.1, 0.15) is 0 Å². The van der Waals surface area contributed by atoms with E-state index in [0.717, 1.165) is 24.9 Å². The van der Waals surface area contributed by atoms with E-state index < -0.39 is 0 Å². The van der Waals surface area contributed by atoms with E-state index >= 15 is 0 Å². The van der Waals surface area contributed by atoms with Crippen molar-refractivity contribution in [3.8, 4) is 0 Å². The van der Waals surface area contributed by atoms with Crippen LogP contribution in [-0.2, 0) is 0 Å². The molecule has 1 unspecified atom stereocenters. The Balaban J connectivity index is 2.04. The Kier molecular flexibility index (Phi) is 4.51. The van der Waals surface area contributed by atoms with Crippen molar-refractivity contribution in [2.45, 2.75) is 52.0 Å². The summed E-state index contributed by atoms with van der Waals surface area (Å²) in [5.41, 5.74) is 1.29. The van der Waals surface area contributed by atoms with E-state index in [2.05, 4.69) is 25.7 Å². The largest absolute Gasteiger partial charge is 0.314 e. The summed E-state index contributed by atoms with van der Waals surface area (Å²) >= 11 is 0. The van der Waals surface area contributed by atoms with E-state index in [1.165, 1.54) is 31.3 Å². The van der Waals surface area contributed by atoms with Gasteiger partial charge in [-0.2, -0.15) is 0 Å². The fourth-order valence-electron chi connectivity index (χ4n) is 1.64.